The molecule has 0 fully saturated rings. The molecular weight excluding hydrogens is 234 g/mol. The van der Waals surface area contributed by atoms with Gasteiger partial charge in [0.2, 0.25) is 0 Å². The molecule has 2 nitrogen and oxygen atoms in total. The monoisotopic (exact) mass is 247 g/mol. The van der Waals surface area contributed by atoms with Gasteiger partial charge in [-0.05, 0) is 35.9 Å². The van der Waals surface area contributed by atoms with Gasteiger partial charge in [-0.2, -0.15) is 0 Å². The van der Waals surface area contributed by atoms with Crippen LogP contribution in [0, 0.1) is 17.7 Å². The SMILES string of the molecule is NCc1[c]ccc(F)c1CNc1cccc(F)c1. The van der Waals surface area contributed by atoms with Crippen LogP contribution in [0.25, 0.3) is 0 Å². The Balaban J connectivity index is 2.15. The van der Waals surface area contributed by atoms with Crippen molar-refractivity contribution in [2.24, 2.45) is 5.73 Å². The third kappa shape index (κ3) is 2.84. The van der Waals surface area contributed by atoms with Crippen LogP contribution in [-0.2, 0) is 13.1 Å². The Morgan fingerprint density at radius 3 is 2.78 bits per heavy atom. The fourth-order valence-corrected chi connectivity index (χ4v) is 1.71. The number of hydrogen-bond donors (Lipinski definition) is 2. The maximum absolute atomic E-state index is 13.6. The van der Waals surface area contributed by atoms with Gasteiger partial charge in [0, 0.05) is 24.3 Å². The lowest BCUT2D eigenvalue weighted by molar-refractivity contribution is 0.609. The molecule has 0 saturated carbocycles. The summed E-state index contributed by atoms with van der Waals surface area (Å²) in [6.07, 6.45) is 0. The van der Waals surface area contributed by atoms with Gasteiger partial charge in [0.1, 0.15) is 11.6 Å². The van der Waals surface area contributed by atoms with E-state index in [0.29, 0.717) is 16.8 Å². The van der Waals surface area contributed by atoms with Crippen LogP contribution in [0.4, 0.5) is 14.5 Å². The summed E-state index contributed by atoms with van der Waals surface area (Å²) in [7, 11) is 0. The first-order valence-corrected chi connectivity index (χ1v) is 5.58. The van der Waals surface area contributed by atoms with Gasteiger partial charge in [0.25, 0.3) is 0 Å². The molecule has 0 aliphatic heterocycles. The standard InChI is InChI=1S/C14H13F2N2/c15-11-4-2-5-12(7-11)18-9-13-10(8-17)3-1-6-14(13)16/h1-2,4-7,18H,8-9,17H2. The summed E-state index contributed by atoms with van der Waals surface area (Å²) in [6.45, 7) is 0.469. The number of halogens is 2. The molecule has 0 aliphatic carbocycles. The number of benzene rings is 2. The van der Waals surface area contributed by atoms with Gasteiger partial charge in [-0.1, -0.05) is 12.1 Å². The van der Waals surface area contributed by atoms with Crippen LogP contribution in [0.1, 0.15) is 11.1 Å². The minimum absolute atomic E-state index is 0.220. The number of nitrogens with one attached hydrogen (secondary N) is 1. The normalized spacial score (nSPS) is 10.4. The molecule has 3 N–H and O–H groups in total. The van der Waals surface area contributed by atoms with E-state index in [1.807, 2.05) is 0 Å². The van der Waals surface area contributed by atoms with Crippen molar-refractivity contribution in [3.63, 3.8) is 0 Å². The van der Waals surface area contributed by atoms with E-state index in [1.54, 1.807) is 12.1 Å². The zero-order valence-corrected chi connectivity index (χ0v) is 9.71. The highest BCUT2D eigenvalue weighted by Crippen LogP contribution is 2.16. The van der Waals surface area contributed by atoms with Crippen molar-refractivity contribution in [3.05, 3.63) is 65.2 Å². The summed E-state index contributed by atoms with van der Waals surface area (Å²) in [5.41, 5.74) is 7.21. The average molecular weight is 247 g/mol. The quantitative estimate of drug-likeness (QED) is 0.871. The van der Waals surface area contributed by atoms with E-state index in [9.17, 15) is 8.78 Å². The van der Waals surface area contributed by atoms with Crippen molar-refractivity contribution in [1.29, 1.82) is 0 Å². The van der Waals surface area contributed by atoms with E-state index in [-0.39, 0.29) is 24.7 Å². The molecule has 2 aromatic carbocycles. The van der Waals surface area contributed by atoms with E-state index >= 15 is 0 Å². The van der Waals surface area contributed by atoms with Crippen LogP contribution < -0.4 is 11.1 Å². The second-order valence-electron chi connectivity index (χ2n) is 3.85. The minimum Gasteiger partial charge on any atom is -0.381 e. The first-order chi connectivity index (χ1) is 8.70. The Morgan fingerprint density at radius 1 is 1.22 bits per heavy atom. The molecule has 0 aliphatic rings. The Labute approximate surface area is 104 Å². The highest BCUT2D eigenvalue weighted by molar-refractivity contribution is 5.44. The molecule has 0 bridgehead atoms. The van der Waals surface area contributed by atoms with Crippen LogP contribution in [-0.4, -0.2) is 0 Å². The summed E-state index contributed by atoms with van der Waals surface area (Å²) >= 11 is 0. The van der Waals surface area contributed by atoms with E-state index in [1.165, 1.54) is 24.3 Å². The van der Waals surface area contributed by atoms with Crippen molar-refractivity contribution >= 4 is 5.69 Å². The van der Waals surface area contributed by atoms with E-state index < -0.39 is 0 Å². The molecule has 0 heterocycles. The molecule has 93 valence electrons. The highest BCUT2D eigenvalue weighted by atomic mass is 19.1. The zero-order chi connectivity index (χ0) is 13.0. The van der Waals surface area contributed by atoms with Gasteiger partial charge in [0.15, 0.2) is 0 Å². The maximum atomic E-state index is 13.6. The summed E-state index contributed by atoms with van der Waals surface area (Å²) in [4.78, 5) is 0. The molecule has 2 aromatic rings. The fourth-order valence-electron chi connectivity index (χ4n) is 1.71. The van der Waals surface area contributed by atoms with Gasteiger partial charge in [-0.15, -0.1) is 0 Å². The number of nitrogens with two attached hydrogens (primary N) is 1. The van der Waals surface area contributed by atoms with Crippen LogP contribution in [0.5, 0.6) is 0 Å². The van der Waals surface area contributed by atoms with Crippen molar-refractivity contribution in [1.82, 2.24) is 0 Å². The van der Waals surface area contributed by atoms with Crippen LogP contribution in [0.2, 0.25) is 0 Å². The minimum atomic E-state index is -0.335. The predicted molar refractivity (Wildman–Crippen MR) is 66.9 cm³/mol. The second-order valence-corrected chi connectivity index (χ2v) is 3.85. The third-order valence-corrected chi connectivity index (χ3v) is 2.64. The van der Waals surface area contributed by atoms with Crippen LogP contribution in [0.3, 0.4) is 0 Å². The molecular formula is C14H13F2N2. The predicted octanol–water partition coefficient (Wildman–Crippen LogP) is 2.84. The second kappa shape index (κ2) is 5.60. The van der Waals surface area contributed by atoms with Gasteiger partial charge in [-0.25, -0.2) is 8.78 Å². The third-order valence-electron chi connectivity index (χ3n) is 2.64. The molecule has 0 aromatic heterocycles. The summed E-state index contributed by atoms with van der Waals surface area (Å²) in [6, 6.07) is 11.8. The first kappa shape index (κ1) is 12.5. The Kier molecular flexibility index (Phi) is 3.89. The maximum Gasteiger partial charge on any atom is 0.128 e. The number of rotatable bonds is 4. The molecule has 0 unspecified atom stereocenters. The molecule has 0 amide bonds. The molecule has 2 rings (SSSR count). The van der Waals surface area contributed by atoms with E-state index in [2.05, 4.69) is 11.4 Å². The summed E-state index contributed by atoms with van der Waals surface area (Å²) < 4.78 is 26.6. The topological polar surface area (TPSA) is 38.0 Å². The molecule has 0 spiro atoms. The van der Waals surface area contributed by atoms with Gasteiger partial charge in [-0.3, -0.25) is 0 Å². The highest BCUT2D eigenvalue weighted by Gasteiger charge is 2.07. The van der Waals surface area contributed by atoms with Gasteiger partial charge < -0.3 is 11.1 Å². The van der Waals surface area contributed by atoms with Crippen molar-refractivity contribution in [2.45, 2.75) is 13.1 Å². The average Bonchev–Trinajstić information content (AvgIpc) is 2.37. The number of anilines is 1. The summed E-state index contributed by atoms with van der Waals surface area (Å²) in [5.74, 6) is -0.669. The Bertz CT molecular complexity index is 541. The van der Waals surface area contributed by atoms with Gasteiger partial charge >= 0.3 is 0 Å². The van der Waals surface area contributed by atoms with Crippen molar-refractivity contribution in [2.75, 3.05) is 5.32 Å². The molecule has 4 heteroatoms. The molecule has 18 heavy (non-hydrogen) atoms. The van der Waals surface area contributed by atoms with Crippen molar-refractivity contribution < 1.29 is 8.78 Å². The van der Waals surface area contributed by atoms with Gasteiger partial charge in [0.05, 0.1) is 0 Å². The molecule has 0 saturated heterocycles. The Morgan fingerprint density at radius 2 is 2.06 bits per heavy atom. The zero-order valence-electron chi connectivity index (χ0n) is 9.71. The van der Waals surface area contributed by atoms with Crippen LogP contribution >= 0.6 is 0 Å². The van der Waals surface area contributed by atoms with E-state index in [4.69, 9.17) is 5.73 Å². The first-order valence-electron chi connectivity index (χ1n) is 5.58. The smallest absolute Gasteiger partial charge is 0.128 e. The Hall–Kier alpha value is -1.94. The number of hydrogen-bond acceptors (Lipinski definition) is 2. The van der Waals surface area contributed by atoms with E-state index in [0.717, 1.165) is 0 Å². The lowest BCUT2D eigenvalue weighted by atomic mass is 10.1. The lowest BCUT2D eigenvalue weighted by Gasteiger charge is -2.11. The lowest BCUT2D eigenvalue weighted by Crippen LogP contribution is -2.09. The molecule has 0 atom stereocenters. The largest absolute Gasteiger partial charge is 0.381 e. The summed E-state index contributed by atoms with van der Waals surface area (Å²) in [5, 5.41) is 2.96. The molecule has 1 radical (unpaired) electrons. The fraction of sp³-hybridized carbons (Fsp3) is 0.143. The van der Waals surface area contributed by atoms with Crippen LogP contribution in [0.15, 0.2) is 36.4 Å². The van der Waals surface area contributed by atoms with Crippen molar-refractivity contribution in [3.8, 4) is 0 Å².